The monoisotopic (exact) mass is 221 g/mol. The minimum absolute atomic E-state index is 0.313. The molecule has 1 fully saturated rings. The summed E-state index contributed by atoms with van der Waals surface area (Å²) >= 11 is 0. The summed E-state index contributed by atoms with van der Waals surface area (Å²) in [4.78, 5) is 8.18. The van der Waals surface area contributed by atoms with Gasteiger partial charge in [0.25, 0.3) is 0 Å². The highest BCUT2D eigenvalue weighted by atomic mass is 16.5. The molecule has 2 rings (SSSR count). The number of aromatic nitrogens is 2. The van der Waals surface area contributed by atoms with Gasteiger partial charge in [-0.05, 0) is 32.1 Å². The normalized spacial score (nSPS) is 17.3. The van der Waals surface area contributed by atoms with Crippen LogP contribution in [0.3, 0.4) is 0 Å². The van der Waals surface area contributed by atoms with Crippen LogP contribution in [0.5, 0.6) is 5.88 Å². The molecule has 88 valence electrons. The summed E-state index contributed by atoms with van der Waals surface area (Å²) in [6.45, 7) is 2.04. The molecule has 0 unspecified atom stereocenters. The van der Waals surface area contributed by atoms with Crippen LogP contribution in [-0.4, -0.2) is 16.1 Å². The van der Waals surface area contributed by atoms with E-state index in [2.05, 4.69) is 9.97 Å². The molecule has 1 aromatic rings. The summed E-state index contributed by atoms with van der Waals surface area (Å²) in [7, 11) is 0. The summed E-state index contributed by atoms with van der Waals surface area (Å²) in [6.07, 6.45) is 8.71. The third-order valence-corrected chi connectivity index (χ3v) is 3.12. The van der Waals surface area contributed by atoms with Gasteiger partial charge in [-0.3, -0.25) is 0 Å². The smallest absolute Gasteiger partial charge is 0.222 e. The van der Waals surface area contributed by atoms with E-state index in [1.165, 1.54) is 25.6 Å². The van der Waals surface area contributed by atoms with Crippen LogP contribution in [-0.2, 0) is 6.42 Å². The van der Waals surface area contributed by atoms with Crippen molar-refractivity contribution >= 4 is 5.82 Å². The minimum atomic E-state index is 0.313. The maximum absolute atomic E-state index is 5.93. The molecule has 4 heteroatoms. The molecule has 0 aliphatic heterocycles. The molecular weight excluding hydrogens is 202 g/mol. The Kier molecular flexibility index (Phi) is 3.59. The number of nitrogens with zero attached hydrogens (tertiary/aromatic N) is 2. The first-order valence-corrected chi connectivity index (χ1v) is 6.07. The predicted molar refractivity (Wildman–Crippen MR) is 63.3 cm³/mol. The van der Waals surface area contributed by atoms with E-state index in [1.807, 2.05) is 6.92 Å². The summed E-state index contributed by atoms with van der Waals surface area (Å²) in [5.74, 6) is 1.23. The van der Waals surface area contributed by atoms with Crippen molar-refractivity contribution < 1.29 is 4.74 Å². The molecule has 0 saturated heterocycles. The molecule has 0 atom stereocenters. The lowest BCUT2D eigenvalue weighted by Gasteiger charge is -2.23. The number of nitrogen functional groups attached to an aromatic ring is 1. The lowest BCUT2D eigenvalue weighted by Crippen LogP contribution is -2.21. The van der Waals surface area contributed by atoms with Crippen molar-refractivity contribution in [2.75, 3.05) is 5.73 Å². The molecule has 0 aromatic carbocycles. The van der Waals surface area contributed by atoms with Crippen LogP contribution in [0.1, 0.15) is 44.6 Å². The Bertz CT molecular complexity index is 348. The van der Waals surface area contributed by atoms with Crippen molar-refractivity contribution in [3.05, 3.63) is 11.9 Å². The Morgan fingerprint density at radius 1 is 1.31 bits per heavy atom. The third-order valence-electron chi connectivity index (χ3n) is 3.12. The van der Waals surface area contributed by atoms with E-state index in [9.17, 15) is 0 Å². The number of anilines is 1. The highest BCUT2D eigenvalue weighted by Gasteiger charge is 2.17. The van der Waals surface area contributed by atoms with Crippen LogP contribution < -0.4 is 10.5 Å². The lowest BCUT2D eigenvalue weighted by molar-refractivity contribution is 0.147. The molecule has 1 aromatic heterocycles. The lowest BCUT2D eigenvalue weighted by atomic mass is 9.98. The molecule has 1 heterocycles. The summed E-state index contributed by atoms with van der Waals surface area (Å²) in [5, 5.41) is 0. The predicted octanol–water partition coefficient (Wildman–Crippen LogP) is 2.33. The quantitative estimate of drug-likeness (QED) is 0.851. The zero-order valence-electron chi connectivity index (χ0n) is 9.78. The molecule has 4 nitrogen and oxygen atoms in total. The van der Waals surface area contributed by atoms with E-state index in [1.54, 1.807) is 0 Å². The van der Waals surface area contributed by atoms with E-state index in [0.717, 1.165) is 24.8 Å². The Labute approximate surface area is 96.2 Å². The van der Waals surface area contributed by atoms with Crippen LogP contribution in [0.25, 0.3) is 0 Å². The third kappa shape index (κ3) is 2.43. The Balaban J connectivity index is 2.10. The molecular formula is C12H19N3O. The average Bonchev–Trinajstić information content (AvgIpc) is 2.31. The fourth-order valence-electron chi connectivity index (χ4n) is 2.18. The zero-order chi connectivity index (χ0) is 11.4. The van der Waals surface area contributed by atoms with Crippen molar-refractivity contribution in [2.45, 2.75) is 51.6 Å². The Morgan fingerprint density at radius 3 is 2.75 bits per heavy atom. The standard InChI is InChI=1S/C12H19N3O/c1-2-10-11(13)14-8-15-12(10)16-9-6-4-3-5-7-9/h8-9H,2-7H2,1H3,(H2,13,14,15). The van der Waals surface area contributed by atoms with Gasteiger partial charge >= 0.3 is 0 Å². The highest BCUT2D eigenvalue weighted by molar-refractivity contribution is 5.44. The van der Waals surface area contributed by atoms with Crippen molar-refractivity contribution in [3.63, 3.8) is 0 Å². The van der Waals surface area contributed by atoms with Crippen LogP contribution in [0.15, 0.2) is 6.33 Å². The molecule has 1 saturated carbocycles. The molecule has 1 aliphatic carbocycles. The first-order valence-electron chi connectivity index (χ1n) is 6.07. The number of nitrogens with two attached hydrogens (primary N) is 1. The summed E-state index contributed by atoms with van der Waals surface area (Å²) in [6, 6.07) is 0. The first-order chi connectivity index (χ1) is 7.81. The second kappa shape index (κ2) is 5.14. The maximum Gasteiger partial charge on any atom is 0.222 e. The van der Waals surface area contributed by atoms with Gasteiger partial charge in [0, 0.05) is 0 Å². The van der Waals surface area contributed by atoms with Gasteiger partial charge in [0.05, 0.1) is 5.56 Å². The van der Waals surface area contributed by atoms with Crippen LogP contribution in [0.4, 0.5) is 5.82 Å². The molecule has 0 spiro atoms. The molecule has 0 radical (unpaired) electrons. The van der Waals surface area contributed by atoms with E-state index in [0.29, 0.717) is 17.8 Å². The number of hydrogen-bond acceptors (Lipinski definition) is 4. The van der Waals surface area contributed by atoms with Gasteiger partial charge in [0.15, 0.2) is 0 Å². The molecule has 16 heavy (non-hydrogen) atoms. The fourth-order valence-corrected chi connectivity index (χ4v) is 2.18. The average molecular weight is 221 g/mol. The van der Waals surface area contributed by atoms with Crippen molar-refractivity contribution in [1.29, 1.82) is 0 Å². The van der Waals surface area contributed by atoms with Crippen molar-refractivity contribution in [3.8, 4) is 5.88 Å². The van der Waals surface area contributed by atoms with Gasteiger partial charge < -0.3 is 10.5 Å². The number of ether oxygens (including phenoxy) is 1. The maximum atomic E-state index is 5.93. The van der Waals surface area contributed by atoms with Crippen molar-refractivity contribution in [1.82, 2.24) is 9.97 Å². The summed E-state index contributed by atoms with van der Waals surface area (Å²) in [5.41, 5.74) is 6.74. The molecule has 1 aliphatic rings. The first kappa shape index (κ1) is 11.2. The Morgan fingerprint density at radius 2 is 2.06 bits per heavy atom. The van der Waals surface area contributed by atoms with Gasteiger partial charge in [-0.1, -0.05) is 13.3 Å². The Hall–Kier alpha value is -1.32. The molecule has 0 amide bonds. The van der Waals surface area contributed by atoms with Crippen LogP contribution >= 0.6 is 0 Å². The topological polar surface area (TPSA) is 61.0 Å². The van der Waals surface area contributed by atoms with Gasteiger partial charge in [-0.25, -0.2) is 9.97 Å². The molecule has 2 N–H and O–H groups in total. The largest absolute Gasteiger partial charge is 0.474 e. The van der Waals surface area contributed by atoms with Crippen molar-refractivity contribution in [2.24, 2.45) is 0 Å². The second-order valence-electron chi connectivity index (χ2n) is 4.27. The van der Waals surface area contributed by atoms with E-state index < -0.39 is 0 Å². The second-order valence-corrected chi connectivity index (χ2v) is 4.27. The number of rotatable bonds is 3. The zero-order valence-corrected chi connectivity index (χ0v) is 9.78. The van der Waals surface area contributed by atoms with E-state index >= 15 is 0 Å². The molecule has 0 bridgehead atoms. The van der Waals surface area contributed by atoms with E-state index in [4.69, 9.17) is 10.5 Å². The SMILES string of the molecule is CCc1c(N)ncnc1OC1CCCCC1. The highest BCUT2D eigenvalue weighted by Crippen LogP contribution is 2.26. The van der Waals surface area contributed by atoms with Gasteiger partial charge in [0.1, 0.15) is 18.2 Å². The van der Waals surface area contributed by atoms with Crippen LogP contribution in [0, 0.1) is 0 Å². The van der Waals surface area contributed by atoms with E-state index in [-0.39, 0.29) is 0 Å². The van der Waals surface area contributed by atoms with Gasteiger partial charge in [-0.15, -0.1) is 0 Å². The fraction of sp³-hybridized carbons (Fsp3) is 0.667. The van der Waals surface area contributed by atoms with Gasteiger partial charge in [-0.2, -0.15) is 0 Å². The van der Waals surface area contributed by atoms with Gasteiger partial charge in [0.2, 0.25) is 5.88 Å². The summed E-state index contributed by atoms with van der Waals surface area (Å²) < 4.78 is 5.93. The number of hydrogen-bond donors (Lipinski definition) is 1. The van der Waals surface area contributed by atoms with Crippen LogP contribution in [0.2, 0.25) is 0 Å². The minimum Gasteiger partial charge on any atom is -0.474 e.